The predicted octanol–water partition coefficient (Wildman–Crippen LogP) is 5.94. The summed E-state index contributed by atoms with van der Waals surface area (Å²) in [6, 6.07) is 20.5. The first-order valence-electron chi connectivity index (χ1n) is 13.3. The molecule has 3 unspecified atom stereocenters. The molecule has 0 saturated carbocycles. The molecule has 7 heteroatoms. The van der Waals surface area contributed by atoms with Gasteiger partial charge in [-0.3, -0.25) is 0 Å². The monoisotopic (exact) mass is 519 g/mol. The minimum Gasteiger partial charge on any atom is -0.496 e. The zero-order valence-electron chi connectivity index (χ0n) is 22.6. The maximum atomic E-state index is 12.9. The Morgan fingerprint density at radius 3 is 2.53 bits per heavy atom. The van der Waals surface area contributed by atoms with Crippen LogP contribution in [-0.2, 0) is 20.8 Å². The van der Waals surface area contributed by atoms with Crippen molar-refractivity contribution in [3.63, 3.8) is 0 Å². The highest BCUT2D eigenvalue weighted by molar-refractivity contribution is 5.89. The summed E-state index contributed by atoms with van der Waals surface area (Å²) in [4.78, 5) is 14.7. The Bertz CT molecular complexity index is 1250. The molecule has 3 aromatic carbocycles. The van der Waals surface area contributed by atoms with Crippen LogP contribution in [0.2, 0.25) is 0 Å². The zero-order chi connectivity index (χ0) is 26.7. The lowest BCUT2D eigenvalue weighted by Gasteiger charge is -2.39. The Morgan fingerprint density at radius 2 is 1.82 bits per heavy atom. The number of fused-ring (bicyclic) bond motifs is 1. The molecular weight excluding hydrogens is 482 g/mol. The molecule has 3 atom stereocenters. The largest absolute Gasteiger partial charge is 0.496 e. The van der Waals surface area contributed by atoms with Crippen LogP contribution in [0.15, 0.2) is 60.7 Å². The number of hydrogen-bond acceptors (Lipinski definition) is 6. The number of likely N-dealkylation sites (tertiary alicyclic amines) is 1. The van der Waals surface area contributed by atoms with Crippen LogP contribution in [0.1, 0.15) is 44.2 Å². The summed E-state index contributed by atoms with van der Waals surface area (Å²) in [5.41, 5.74) is 1.59. The van der Waals surface area contributed by atoms with Crippen molar-refractivity contribution < 1.29 is 28.5 Å². The van der Waals surface area contributed by atoms with Crippen molar-refractivity contribution in [2.75, 3.05) is 33.4 Å². The van der Waals surface area contributed by atoms with Gasteiger partial charge in [0, 0.05) is 23.4 Å². The standard InChI is InChI=1S/C31H37NO6/c1-31(2,3)38-30(33)32-16-15-26(22-11-13-24(14-12-22)35-19-25-20-36-25)28(17-32)37-18-23-10-9-21-7-5-6-8-27(21)29(23)34-4/h5-14,25-26,28H,15-20H2,1-4H3. The van der Waals surface area contributed by atoms with Gasteiger partial charge >= 0.3 is 6.09 Å². The summed E-state index contributed by atoms with van der Waals surface area (Å²) in [5.74, 6) is 1.77. The third-order valence-corrected chi connectivity index (χ3v) is 6.98. The van der Waals surface area contributed by atoms with Gasteiger partial charge in [-0.15, -0.1) is 0 Å². The molecule has 2 heterocycles. The van der Waals surface area contributed by atoms with Gasteiger partial charge in [0.05, 0.1) is 33.0 Å². The van der Waals surface area contributed by atoms with E-state index in [2.05, 4.69) is 36.4 Å². The number of carbonyl (C=O) groups is 1. The van der Waals surface area contributed by atoms with E-state index in [1.165, 1.54) is 5.56 Å². The SMILES string of the molecule is COc1c(COC2CN(C(=O)OC(C)(C)C)CCC2c2ccc(OCC3CO3)cc2)ccc2ccccc12. The number of benzene rings is 3. The number of amides is 1. The highest BCUT2D eigenvalue weighted by Gasteiger charge is 2.35. The summed E-state index contributed by atoms with van der Waals surface area (Å²) in [5, 5.41) is 2.18. The molecular formula is C31H37NO6. The van der Waals surface area contributed by atoms with Gasteiger partial charge < -0.3 is 28.6 Å². The summed E-state index contributed by atoms with van der Waals surface area (Å²) in [6.45, 7) is 8.44. The number of carbonyl (C=O) groups excluding carboxylic acids is 1. The van der Waals surface area contributed by atoms with E-state index in [-0.39, 0.29) is 24.2 Å². The van der Waals surface area contributed by atoms with Crippen LogP contribution in [0, 0.1) is 0 Å². The molecule has 2 fully saturated rings. The summed E-state index contributed by atoms with van der Waals surface area (Å²) in [7, 11) is 1.69. The van der Waals surface area contributed by atoms with Gasteiger partial charge in [-0.2, -0.15) is 0 Å². The average molecular weight is 520 g/mol. The number of methoxy groups -OCH3 is 1. The van der Waals surface area contributed by atoms with Crippen molar-refractivity contribution in [2.24, 2.45) is 0 Å². The lowest BCUT2D eigenvalue weighted by atomic mass is 9.87. The average Bonchev–Trinajstić information content (AvgIpc) is 3.74. The van der Waals surface area contributed by atoms with E-state index in [1.807, 2.05) is 45.0 Å². The quantitative estimate of drug-likeness (QED) is 0.343. The lowest BCUT2D eigenvalue weighted by molar-refractivity contribution is -0.0363. The Labute approximate surface area is 224 Å². The van der Waals surface area contributed by atoms with Gasteiger partial charge in [0.25, 0.3) is 0 Å². The second kappa shape index (κ2) is 11.2. The minimum atomic E-state index is -0.552. The highest BCUT2D eigenvalue weighted by Crippen LogP contribution is 2.35. The van der Waals surface area contributed by atoms with Crippen LogP contribution >= 0.6 is 0 Å². The molecule has 2 saturated heterocycles. The molecule has 2 aliphatic heterocycles. The molecule has 202 valence electrons. The second-order valence-electron chi connectivity index (χ2n) is 11.0. The van der Waals surface area contributed by atoms with Crippen LogP contribution < -0.4 is 9.47 Å². The Hall–Kier alpha value is -3.29. The first-order chi connectivity index (χ1) is 18.3. The van der Waals surface area contributed by atoms with E-state index in [1.54, 1.807) is 12.0 Å². The van der Waals surface area contributed by atoms with Gasteiger partial charge in [0.2, 0.25) is 0 Å². The number of hydrogen-bond donors (Lipinski definition) is 0. The van der Waals surface area contributed by atoms with Crippen molar-refractivity contribution in [3.8, 4) is 11.5 Å². The maximum Gasteiger partial charge on any atom is 0.410 e. The van der Waals surface area contributed by atoms with E-state index in [4.69, 9.17) is 23.7 Å². The molecule has 0 bridgehead atoms. The number of nitrogens with zero attached hydrogens (tertiary/aromatic N) is 1. The molecule has 7 nitrogen and oxygen atoms in total. The molecule has 38 heavy (non-hydrogen) atoms. The van der Waals surface area contributed by atoms with Crippen LogP contribution in [0.3, 0.4) is 0 Å². The van der Waals surface area contributed by atoms with Crippen LogP contribution in [-0.4, -0.2) is 62.2 Å². The van der Waals surface area contributed by atoms with Gasteiger partial charge in [0.1, 0.15) is 29.8 Å². The molecule has 0 aromatic heterocycles. The predicted molar refractivity (Wildman–Crippen MR) is 146 cm³/mol. The molecule has 5 rings (SSSR count). The van der Waals surface area contributed by atoms with Crippen molar-refractivity contribution in [3.05, 3.63) is 71.8 Å². The topological polar surface area (TPSA) is 69.8 Å². The van der Waals surface area contributed by atoms with Gasteiger partial charge in [0.15, 0.2) is 0 Å². The van der Waals surface area contributed by atoms with Crippen LogP contribution in [0.25, 0.3) is 10.8 Å². The Kier molecular flexibility index (Phi) is 7.77. The molecule has 0 aliphatic carbocycles. The van der Waals surface area contributed by atoms with E-state index in [0.717, 1.165) is 40.9 Å². The van der Waals surface area contributed by atoms with Crippen molar-refractivity contribution in [2.45, 2.75) is 57.5 Å². The van der Waals surface area contributed by atoms with Crippen LogP contribution in [0.5, 0.6) is 11.5 Å². The summed E-state index contributed by atoms with van der Waals surface area (Å²) in [6.07, 6.45) is 0.476. The van der Waals surface area contributed by atoms with Gasteiger partial charge in [-0.1, -0.05) is 48.5 Å². The maximum absolute atomic E-state index is 12.9. The number of epoxide rings is 1. The first kappa shape index (κ1) is 26.3. The molecule has 2 aliphatic rings. The van der Waals surface area contributed by atoms with Gasteiger partial charge in [-0.05, 0) is 50.3 Å². The molecule has 1 amide bonds. The fraction of sp³-hybridized carbons (Fsp3) is 0.452. The van der Waals surface area contributed by atoms with Crippen LogP contribution in [0.4, 0.5) is 4.79 Å². The van der Waals surface area contributed by atoms with Crippen molar-refractivity contribution >= 4 is 16.9 Å². The third kappa shape index (κ3) is 6.40. The van der Waals surface area contributed by atoms with E-state index in [0.29, 0.717) is 26.3 Å². The number of piperidine rings is 1. The van der Waals surface area contributed by atoms with Crippen molar-refractivity contribution in [1.29, 1.82) is 0 Å². The van der Waals surface area contributed by atoms with E-state index >= 15 is 0 Å². The van der Waals surface area contributed by atoms with Crippen molar-refractivity contribution in [1.82, 2.24) is 4.90 Å². The normalized spacial score (nSPS) is 21.3. The molecule has 3 aromatic rings. The number of ether oxygens (including phenoxy) is 5. The van der Waals surface area contributed by atoms with E-state index in [9.17, 15) is 4.79 Å². The summed E-state index contributed by atoms with van der Waals surface area (Å²) >= 11 is 0. The summed E-state index contributed by atoms with van der Waals surface area (Å²) < 4.78 is 29.1. The molecule has 0 spiro atoms. The number of rotatable bonds is 8. The molecule has 0 radical (unpaired) electrons. The Morgan fingerprint density at radius 1 is 1.05 bits per heavy atom. The Balaban J connectivity index is 1.34. The molecule has 0 N–H and O–H groups in total. The van der Waals surface area contributed by atoms with E-state index < -0.39 is 5.60 Å². The smallest absolute Gasteiger partial charge is 0.410 e. The van der Waals surface area contributed by atoms with Gasteiger partial charge in [-0.25, -0.2) is 4.79 Å². The fourth-order valence-corrected chi connectivity index (χ4v) is 4.96. The zero-order valence-corrected chi connectivity index (χ0v) is 22.6. The lowest BCUT2D eigenvalue weighted by Crippen LogP contribution is -2.48. The second-order valence-corrected chi connectivity index (χ2v) is 11.0. The minimum absolute atomic E-state index is 0.126. The highest BCUT2D eigenvalue weighted by atomic mass is 16.6. The fourth-order valence-electron chi connectivity index (χ4n) is 4.96. The third-order valence-electron chi connectivity index (χ3n) is 6.98. The first-order valence-corrected chi connectivity index (χ1v) is 13.3.